The maximum absolute atomic E-state index is 13.7. The van der Waals surface area contributed by atoms with Crippen LogP contribution in [-0.4, -0.2) is 24.0 Å². The van der Waals surface area contributed by atoms with Crippen LogP contribution in [0.5, 0.6) is 0 Å². The summed E-state index contributed by atoms with van der Waals surface area (Å²) in [5, 5.41) is 0. The van der Waals surface area contributed by atoms with Crippen molar-refractivity contribution in [3.63, 3.8) is 0 Å². The fourth-order valence-corrected chi connectivity index (χ4v) is 7.99. The summed E-state index contributed by atoms with van der Waals surface area (Å²) in [4.78, 5) is 18.3. The van der Waals surface area contributed by atoms with Gasteiger partial charge in [0.25, 0.3) is 5.91 Å². The summed E-state index contributed by atoms with van der Waals surface area (Å²) < 4.78 is 0. The third kappa shape index (κ3) is 3.37. The molecule has 0 aromatic heterocycles. The topological polar surface area (TPSA) is 55.4 Å². The van der Waals surface area contributed by atoms with Crippen molar-refractivity contribution in [2.45, 2.75) is 75.7 Å². The summed E-state index contributed by atoms with van der Waals surface area (Å²) in [7, 11) is 0. The predicted octanol–water partition coefficient (Wildman–Crippen LogP) is 5.49. The number of hydrogen-bond acceptors (Lipinski definition) is 2. The van der Waals surface area contributed by atoms with E-state index >= 15 is 0 Å². The van der Waals surface area contributed by atoms with Crippen molar-refractivity contribution < 1.29 is 4.79 Å². The monoisotopic (exact) mass is 426 g/mol. The summed E-state index contributed by atoms with van der Waals surface area (Å²) in [6.07, 6.45) is 12.9. The molecule has 30 heavy (non-hydrogen) atoms. The molecule has 0 aliphatic heterocycles. The Morgan fingerprint density at radius 2 is 1.90 bits per heavy atom. The van der Waals surface area contributed by atoms with Gasteiger partial charge in [-0.3, -0.25) is 4.79 Å². The summed E-state index contributed by atoms with van der Waals surface area (Å²) in [6, 6.07) is 11.3. The molecule has 5 unspecified atom stereocenters. The molecule has 0 heterocycles. The average molecular weight is 427 g/mol. The van der Waals surface area contributed by atoms with E-state index in [4.69, 9.17) is 17.3 Å². The molecular formula is C26H35ClN2O. The molecule has 1 aromatic rings. The van der Waals surface area contributed by atoms with E-state index in [2.05, 4.69) is 35.3 Å². The average Bonchev–Trinajstić information content (AvgIpc) is 3.14. The Hall–Kier alpha value is -1.19. The molecule has 5 aliphatic rings. The van der Waals surface area contributed by atoms with Gasteiger partial charge in [0, 0.05) is 18.1 Å². The molecule has 5 saturated carbocycles. The highest BCUT2D eigenvalue weighted by atomic mass is 35.5. The standard InChI is InChI=1S/C26H35ClN2O/c27-12-4-7-22-19-13-25(20-5-2-1-3-6-20)15-23(22)26(14-19,17-25)24(30)29-16-18-8-10-21(28)11-9-18/h1-3,5-6,16,18-19,21-23H,4,7-15,17,28H2/b29-16+. The first-order valence-electron chi connectivity index (χ1n) is 12.0. The van der Waals surface area contributed by atoms with E-state index in [0.29, 0.717) is 29.7 Å². The Morgan fingerprint density at radius 1 is 1.13 bits per heavy atom. The van der Waals surface area contributed by atoms with Gasteiger partial charge in [-0.05, 0) is 98.9 Å². The maximum atomic E-state index is 13.7. The van der Waals surface area contributed by atoms with E-state index in [1.165, 1.54) is 18.4 Å². The lowest BCUT2D eigenvalue weighted by Gasteiger charge is -2.43. The van der Waals surface area contributed by atoms with Crippen LogP contribution in [0.3, 0.4) is 0 Å². The van der Waals surface area contributed by atoms with Crippen LogP contribution < -0.4 is 5.73 Å². The molecule has 0 spiro atoms. The molecule has 1 aromatic carbocycles. The highest BCUT2D eigenvalue weighted by Gasteiger charge is 2.70. The van der Waals surface area contributed by atoms with Crippen molar-refractivity contribution in [2.24, 2.45) is 39.8 Å². The second-order valence-electron chi connectivity index (χ2n) is 10.7. The van der Waals surface area contributed by atoms with Crippen LogP contribution in [-0.2, 0) is 10.2 Å². The maximum Gasteiger partial charge on any atom is 0.251 e. The molecule has 2 N–H and O–H groups in total. The first-order chi connectivity index (χ1) is 14.6. The number of halogens is 1. The number of benzene rings is 1. The molecule has 0 radical (unpaired) electrons. The van der Waals surface area contributed by atoms with Gasteiger partial charge < -0.3 is 5.73 Å². The number of aliphatic imine (C=N–C) groups is 1. The molecule has 6 rings (SSSR count). The lowest BCUT2D eigenvalue weighted by molar-refractivity contribution is -0.129. The lowest BCUT2D eigenvalue weighted by Crippen LogP contribution is -2.37. The SMILES string of the molecule is NC1CCC(/C=N/C(=O)C23CC4CC(c5ccccc5)(CC2C4CCCCl)C3)CC1. The van der Waals surface area contributed by atoms with Crippen molar-refractivity contribution >= 4 is 23.7 Å². The molecule has 3 nitrogen and oxygen atoms in total. The fraction of sp³-hybridized carbons (Fsp3) is 0.692. The number of amides is 1. The highest BCUT2D eigenvalue weighted by Crippen LogP contribution is 2.73. The van der Waals surface area contributed by atoms with E-state index in [1.807, 2.05) is 6.21 Å². The summed E-state index contributed by atoms with van der Waals surface area (Å²) >= 11 is 6.05. The Labute approximate surface area is 185 Å². The van der Waals surface area contributed by atoms with Gasteiger partial charge in [0.2, 0.25) is 0 Å². The zero-order valence-electron chi connectivity index (χ0n) is 17.9. The number of rotatable bonds is 6. The number of nitrogens with two attached hydrogens (primary N) is 1. The Kier molecular flexibility index (Phi) is 5.56. The van der Waals surface area contributed by atoms with Crippen LogP contribution in [0.4, 0.5) is 0 Å². The second kappa shape index (κ2) is 8.06. The third-order valence-corrected chi connectivity index (χ3v) is 9.35. The first kappa shape index (κ1) is 20.7. The van der Waals surface area contributed by atoms with E-state index in [1.54, 1.807) is 0 Å². The van der Waals surface area contributed by atoms with Gasteiger partial charge in [-0.1, -0.05) is 30.3 Å². The zero-order valence-corrected chi connectivity index (χ0v) is 18.7. The van der Waals surface area contributed by atoms with E-state index < -0.39 is 0 Å². The minimum Gasteiger partial charge on any atom is -0.328 e. The van der Waals surface area contributed by atoms with Crippen molar-refractivity contribution in [2.75, 3.05) is 5.88 Å². The molecule has 162 valence electrons. The molecular weight excluding hydrogens is 392 g/mol. The third-order valence-electron chi connectivity index (χ3n) is 9.08. The Morgan fingerprint density at radius 3 is 2.63 bits per heavy atom. The van der Waals surface area contributed by atoms with Gasteiger partial charge in [0.1, 0.15) is 0 Å². The first-order valence-corrected chi connectivity index (χ1v) is 12.6. The smallest absolute Gasteiger partial charge is 0.251 e. The zero-order chi connectivity index (χ0) is 20.8. The minimum atomic E-state index is -0.239. The number of carbonyl (C=O) groups is 1. The molecule has 1 amide bonds. The van der Waals surface area contributed by atoms with Crippen LogP contribution in [0.25, 0.3) is 0 Å². The van der Waals surface area contributed by atoms with E-state index in [0.717, 1.165) is 57.2 Å². The van der Waals surface area contributed by atoms with Gasteiger partial charge >= 0.3 is 0 Å². The van der Waals surface area contributed by atoms with Gasteiger partial charge in [-0.2, -0.15) is 0 Å². The van der Waals surface area contributed by atoms with Crippen LogP contribution in [0.1, 0.15) is 69.8 Å². The number of alkyl halides is 1. The van der Waals surface area contributed by atoms with Crippen molar-refractivity contribution in [1.82, 2.24) is 0 Å². The van der Waals surface area contributed by atoms with Crippen LogP contribution in [0.2, 0.25) is 0 Å². The molecule has 0 saturated heterocycles. The number of hydrogen-bond donors (Lipinski definition) is 1. The van der Waals surface area contributed by atoms with Crippen molar-refractivity contribution in [3.8, 4) is 0 Å². The van der Waals surface area contributed by atoms with Crippen LogP contribution in [0.15, 0.2) is 35.3 Å². The Balaban J connectivity index is 1.41. The highest BCUT2D eigenvalue weighted by molar-refractivity contribution is 6.17. The van der Waals surface area contributed by atoms with Crippen LogP contribution >= 0.6 is 11.6 Å². The molecule has 5 aliphatic carbocycles. The lowest BCUT2D eigenvalue weighted by atomic mass is 9.61. The summed E-state index contributed by atoms with van der Waals surface area (Å²) in [5.74, 6) is 3.10. The van der Waals surface area contributed by atoms with Crippen molar-refractivity contribution in [1.29, 1.82) is 0 Å². The summed E-state index contributed by atoms with van der Waals surface area (Å²) in [6.45, 7) is 0. The number of carbonyl (C=O) groups excluding carboxylic acids is 1. The predicted molar refractivity (Wildman–Crippen MR) is 123 cm³/mol. The molecule has 4 bridgehead atoms. The minimum absolute atomic E-state index is 0.176. The Bertz CT molecular complexity index is 803. The molecule has 5 atom stereocenters. The van der Waals surface area contributed by atoms with Crippen molar-refractivity contribution in [3.05, 3.63) is 35.9 Å². The normalized spacial score (nSPS) is 42.3. The van der Waals surface area contributed by atoms with Gasteiger partial charge in [-0.25, -0.2) is 4.99 Å². The molecule has 4 heteroatoms. The van der Waals surface area contributed by atoms with E-state index in [9.17, 15) is 4.79 Å². The number of nitrogens with zero attached hydrogens (tertiary/aromatic N) is 1. The molecule has 5 fully saturated rings. The summed E-state index contributed by atoms with van der Waals surface area (Å²) in [5.41, 5.74) is 7.42. The van der Waals surface area contributed by atoms with Gasteiger partial charge in [0.15, 0.2) is 0 Å². The van der Waals surface area contributed by atoms with Gasteiger partial charge in [0.05, 0.1) is 5.41 Å². The van der Waals surface area contributed by atoms with E-state index in [-0.39, 0.29) is 16.7 Å². The van der Waals surface area contributed by atoms with Gasteiger partial charge in [-0.15, -0.1) is 11.6 Å². The quantitative estimate of drug-likeness (QED) is 0.482. The van der Waals surface area contributed by atoms with Crippen LogP contribution in [0, 0.1) is 29.1 Å². The second-order valence-corrected chi connectivity index (χ2v) is 11.1. The fourth-order valence-electron chi connectivity index (χ4n) is 7.83. The largest absolute Gasteiger partial charge is 0.328 e.